The summed E-state index contributed by atoms with van der Waals surface area (Å²) in [6, 6.07) is 0. The number of rotatable bonds is 4. The van der Waals surface area contributed by atoms with Crippen molar-refractivity contribution in [2.24, 2.45) is 0 Å². The topological polar surface area (TPSA) is 29.5 Å². The molecule has 2 nitrogen and oxygen atoms in total. The Morgan fingerprint density at radius 2 is 1.38 bits per heavy atom. The molecule has 0 saturated carbocycles. The molecule has 0 rings (SSSR count). The summed E-state index contributed by atoms with van der Waals surface area (Å²) in [5, 5.41) is 8.00. The Labute approximate surface area is 86.0 Å². The van der Waals surface area contributed by atoms with Crippen LogP contribution >= 0.6 is 0 Å². The third kappa shape index (κ3) is 2.24. The van der Waals surface area contributed by atoms with Crippen LogP contribution in [0.15, 0.2) is 0 Å². The van der Waals surface area contributed by atoms with Gasteiger partial charge in [-0.05, 0) is 13.8 Å². The van der Waals surface area contributed by atoms with Crippen molar-refractivity contribution in [2.45, 2.75) is 37.4 Å². The second-order valence-corrected chi connectivity index (χ2v) is 3.46. The quantitative estimate of drug-likeness (QED) is 0.785. The molecule has 0 fully saturated rings. The van der Waals surface area contributed by atoms with E-state index >= 15 is 0 Å². The summed E-state index contributed by atoms with van der Waals surface area (Å²) < 4.78 is 90.0. The first-order valence-electron chi connectivity index (χ1n) is 3.87. The van der Waals surface area contributed by atoms with Crippen molar-refractivity contribution in [1.29, 1.82) is 0 Å². The van der Waals surface area contributed by atoms with E-state index in [1.807, 2.05) is 0 Å². The Morgan fingerprint density at radius 3 is 1.56 bits per heavy atom. The Kier molecular flexibility index (Phi) is 3.88. The maximum absolute atomic E-state index is 13.4. The van der Waals surface area contributed by atoms with Gasteiger partial charge in [-0.1, -0.05) is 0 Å². The Hall–Kier alpha value is -0.570. The number of hydrogen-bond donors (Lipinski definition) is 1. The van der Waals surface area contributed by atoms with Crippen molar-refractivity contribution in [3.63, 3.8) is 0 Å². The summed E-state index contributed by atoms with van der Waals surface area (Å²) in [6.45, 7) is -1.40. The summed E-state index contributed by atoms with van der Waals surface area (Å²) in [5.74, 6) is 0. The first-order valence-corrected chi connectivity index (χ1v) is 3.87. The van der Waals surface area contributed by atoms with Crippen molar-refractivity contribution in [1.82, 2.24) is 0 Å². The molecule has 9 heteroatoms. The first-order chi connectivity index (χ1) is 6.81. The number of aliphatic hydroxyl groups is 1. The Balaban J connectivity index is 5.61. The first kappa shape index (κ1) is 15.4. The summed E-state index contributed by atoms with van der Waals surface area (Å²) in [6.07, 6.45) is -11.9. The van der Waals surface area contributed by atoms with Crippen molar-refractivity contribution in [3.8, 4) is 0 Å². The molecule has 0 aliphatic carbocycles. The minimum atomic E-state index is -6.14. The third-order valence-corrected chi connectivity index (χ3v) is 2.05. The smallest absolute Gasteiger partial charge is 0.340 e. The summed E-state index contributed by atoms with van der Waals surface area (Å²) in [5.41, 5.74) is -8.71. The predicted molar refractivity (Wildman–Crippen MR) is 38.2 cm³/mol. The van der Waals surface area contributed by atoms with E-state index in [0.29, 0.717) is 0 Å². The fraction of sp³-hybridized carbons (Fsp3) is 1.00. The summed E-state index contributed by atoms with van der Waals surface area (Å²) in [4.78, 5) is 0. The number of ether oxygens (including phenoxy) is 1. The molecule has 0 aliphatic rings. The molecule has 0 saturated heterocycles. The van der Waals surface area contributed by atoms with Gasteiger partial charge in [-0.3, -0.25) is 0 Å². The molecule has 0 amide bonds. The monoisotopic (exact) mass is 258 g/mol. The van der Waals surface area contributed by atoms with Gasteiger partial charge >= 0.3 is 18.0 Å². The van der Waals surface area contributed by atoms with Crippen molar-refractivity contribution < 1.29 is 40.6 Å². The number of alkyl halides is 7. The number of halogens is 7. The fourth-order valence-electron chi connectivity index (χ4n) is 1.11. The lowest BCUT2D eigenvalue weighted by Crippen LogP contribution is -2.67. The predicted octanol–water partition coefficient (Wildman–Crippen LogP) is 2.56. The van der Waals surface area contributed by atoms with Gasteiger partial charge in [-0.2, -0.15) is 22.0 Å². The normalized spacial score (nSPS) is 18.4. The molecule has 0 radical (unpaired) electrons. The molecule has 1 unspecified atom stereocenters. The lowest BCUT2D eigenvalue weighted by molar-refractivity contribution is -0.410. The second-order valence-electron chi connectivity index (χ2n) is 3.46. The highest BCUT2D eigenvalue weighted by molar-refractivity contribution is 5.06. The van der Waals surface area contributed by atoms with Crippen molar-refractivity contribution in [3.05, 3.63) is 0 Å². The minimum Gasteiger partial charge on any atom is -0.340 e. The summed E-state index contributed by atoms with van der Waals surface area (Å²) in [7, 11) is 0. The Morgan fingerprint density at radius 1 is 1.00 bits per heavy atom. The van der Waals surface area contributed by atoms with Gasteiger partial charge in [0.1, 0.15) is 5.60 Å². The van der Waals surface area contributed by atoms with Gasteiger partial charge in [0.2, 0.25) is 0 Å². The van der Waals surface area contributed by atoms with Crippen LogP contribution in [0.5, 0.6) is 0 Å². The zero-order valence-electron chi connectivity index (χ0n) is 8.21. The van der Waals surface area contributed by atoms with Crippen LogP contribution in [0, 0.1) is 0 Å². The van der Waals surface area contributed by atoms with Gasteiger partial charge in [0.15, 0.2) is 6.86 Å². The van der Waals surface area contributed by atoms with Gasteiger partial charge in [0.25, 0.3) is 0 Å². The number of hydrogen-bond acceptors (Lipinski definition) is 2. The van der Waals surface area contributed by atoms with Crippen molar-refractivity contribution >= 4 is 0 Å². The maximum Gasteiger partial charge on any atom is 0.434 e. The van der Waals surface area contributed by atoms with Crippen LogP contribution in [0.1, 0.15) is 13.8 Å². The van der Waals surface area contributed by atoms with Gasteiger partial charge in [-0.15, -0.1) is 0 Å². The molecule has 16 heavy (non-hydrogen) atoms. The van der Waals surface area contributed by atoms with Crippen LogP contribution in [-0.2, 0) is 4.74 Å². The van der Waals surface area contributed by atoms with E-state index in [0.717, 1.165) is 0 Å². The van der Waals surface area contributed by atoms with Gasteiger partial charge < -0.3 is 9.84 Å². The van der Waals surface area contributed by atoms with Crippen LogP contribution in [0.4, 0.5) is 30.7 Å². The lowest BCUT2D eigenvalue weighted by atomic mass is 9.85. The fourth-order valence-corrected chi connectivity index (χ4v) is 1.11. The molecular formula is C7H9F7O2. The zero-order chi connectivity index (χ0) is 13.4. The lowest BCUT2D eigenvalue weighted by Gasteiger charge is -2.41. The molecule has 0 aromatic heterocycles. The SMILES string of the molecule is CC(C)(OCF)C(F)(C(O)(F)F)C(F)(F)F. The molecule has 0 aromatic carbocycles. The third-order valence-electron chi connectivity index (χ3n) is 2.05. The van der Waals surface area contributed by atoms with Gasteiger partial charge in [0, 0.05) is 0 Å². The molecule has 0 aromatic rings. The van der Waals surface area contributed by atoms with Crippen LogP contribution < -0.4 is 0 Å². The molecule has 0 heterocycles. The van der Waals surface area contributed by atoms with Gasteiger partial charge in [-0.25, -0.2) is 8.78 Å². The largest absolute Gasteiger partial charge is 0.434 e. The van der Waals surface area contributed by atoms with E-state index in [-0.39, 0.29) is 13.8 Å². The minimum absolute atomic E-state index is 0.254. The van der Waals surface area contributed by atoms with Crippen LogP contribution in [0.2, 0.25) is 0 Å². The molecule has 0 spiro atoms. The van der Waals surface area contributed by atoms with Crippen LogP contribution in [0.25, 0.3) is 0 Å². The maximum atomic E-state index is 13.4. The second kappa shape index (κ2) is 4.02. The molecule has 98 valence electrons. The Bertz CT molecular complexity index is 228. The highest BCUT2D eigenvalue weighted by atomic mass is 19.4. The van der Waals surface area contributed by atoms with Crippen LogP contribution in [-0.4, -0.2) is 35.5 Å². The van der Waals surface area contributed by atoms with E-state index in [9.17, 15) is 30.7 Å². The highest BCUT2D eigenvalue weighted by Crippen LogP contribution is 2.51. The van der Waals surface area contributed by atoms with E-state index < -0.39 is 30.4 Å². The average Bonchev–Trinajstić information content (AvgIpc) is 1.98. The molecule has 1 N–H and O–H groups in total. The van der Waals surface area contributed by atoms with E-state index in [1.165, 1.54) is 0 Å². The standard InChI is InChI=1S/C7H9F7O2/c1-4(2,16-3-8)5(9,6(10,11)12)7(13,14)15/h15H,3H2,1-2H3. The van der Waals surface area contributed by atoms with E-state index in [2.05, 4.69) is 4.74 Å². The summed E-state index contributed by atoms with van der Waals surface area (Å²) >= 11 is 0. The average molecular weight is 258 g/mol. The molecule has 1 atom stereocenters. The van der Waals surface area contributed by atoms with Gasteiger partial charge in [0.05, 0.1) is 0 Å². The van der Waals surface area contributed by atoms with Crippen LogP contribution in [0.3, 0.4) is 0 Å². The van der Waals surface area contributed by atoms with E-state index in [4.69, 9.17) is 5.11 Å². The zero-order valence-corrected chi connectivity index (χ0v) is 8.21. The van der Waals surface area contributed by atoms with Crippen molar-refractivity contribution in [2.75, 3.05) is 6.86 Å². The highest BCUT2D eigenvalue weighted by Gasteiger charge is 2.78. The molecular weight excluding hydrogens is 249 g/mol. The van der Waals surface area contributed by atoms with E-state index in [1.54, 1.807) is 0 Å². The molecule has 0 aliphatic heterocycles. The molecule has 0 bridgehead atoms.